The molecule has 1 aromatic rings. The van der Waals surface area contributed by atoms with Crippen LogP contribution in [0.2, 0.25) is 0 Å². The van der Waals surface area contributed by atoms with Crippen molar-refractivity contribution in [2.45, 2.75) is 31.3 Å². The molecule has 4 heteroatoms. The summed E-state index contributed by atoms with van der Waals surface area (Å²) < 4.78 is 18.7. The van der Waals surface area contributed by atoms with Gasteiger partial charge in [0, 0.05) is 29.6 Å². The summed E-state index contributed by atoms with van der Waals surface area (Å²) in [5, 5.41) is 3.36. The number of nitrogens with one attached hydrogen (secondary N) is 1. The van der Waals surface area contributed by atoms with Gasteiger partial charge in [0.2, 0.25) is 0 Å². The maximum atomic E-state index is 13.7. The third kappa shape index (κ3) is 2.72. The van der Waals surface area contributed by atoms with Crippen LogP contribution in [-0.4, -0.2) is 18.5 Å². The van der Waals surface area contributed by atoms with E-state index in [1.807, 2.05) is 0 Å². The van der Waals surface area contributed by atoms with E-state index in [4.69, 9.17) is 16.3 Å². The van der Waals surface area contributed by atoms with Crippen LogP contribution in [0.25, 0.3) is 0 Å². The Morgan fingerprint density at radius 1 is 1.47 bits per heavy atom. The Balaban J connectivity index is 1.99. The minimum atomic E-state index is -0.235. The van der Waals surface area contributed by atoms with Crippen LogP contribution in [-0.2, 0) is 6.54 Å². The fourth-order valence-corrected chi connectivity index (χ4v) is 2.40. The molecule has 0 amide bonds. The van der Waals surface area contributed by atoms with Gasteiger partial charge in [-0.05, 0) is 25.3 Å². The van der Waals surface area contributed by atoms with Gasteiger partial charge in [-0.1, -0.05) is 6.07 Å². The number of ether oxygens (including phenoxy) is 1. The molecule has 0 unspecified atom stereocenters. The SMILES string of the molecule is COc1ccc(CNC2(CCl)CCC2)c(F)c1. The third-order valence-electron chi connectivity index (χ3n) is 3.48. The molecule has 2 nitrogen and oxygen atoms in total. The molecule has 1 aliphatic carbocycles. The van der Waals surface area contributed by atoms with E-state index >= 15 is 0 Å². The molecular weight excluding hydrogens is 241 g/mol. The lowest BCUT2D eigenvalue weighted by Gasteiger charge is -2.41. The maximum absolute atomic E-state index is 13.7. The summed E-state index contributed by atoms with van der Waals surface area (Å²) in [6, 6.07) is 4.93. The number of hydrogen-bond acceptors (Lipinski definition) is 2. The summed E-state index contributed by atoms with van der Waals surface area (Å²) in [5.41, 5.74) is 0.677. The molecule has 0 aromatic heterocycles. The van der Waals surface area contributed by atoms with Crippen molar-refractivity contribution >= 4 is 11.6 Å². The third-order valence-corrected chi connectivity index (χ3v) is 3.99. The largest absolute Gasteiger partial charge is 0.497 e. The summed E-state index contributed by atoms with van der Waals surface area (Å²) in [5.74, 6) is 0.896. The second-order valence-corrected chi connectivity index (χ2v) is 4.85. The molecule has 0 spiro atoms. The first-order valence-corrected chi connectivity index (χ1v) is 6.36. The number of hydrogen-bond donors (Lipinski definition) is 1. The minimum absolute atomic E-state index is 0.0217. The average molecular weight is 258 g/mol. The molecule has 17 heavy (non-hydrogen) atoms. The molecule has 0 aliphatic heterocycles. The van der Waals surface area contributed by atoms with Gasteiger partial charge < -0.3 is 10.1 Å². The highest BCUT2D eigenvalue weighted by Gasteiger charge is 2.35. The van der Waals surface area contributed by atoms with Crippen LogP contribution in [0.15, 0.2) is 18.2 Å². The number of benzene rings is 1. The van der Waals surface area contributed by atoms with E-state index in [9.17, 15) is 4.39 Å². The maximum Gasteiger partial charge on any atom is 0.131 e. The van der Waals surface area contributed by atoms with Crippen LogP contribution >= 0.6 is 11.6 Å². The predicted octanol–water partition coefficient (Wildman–Crippen LogP) is 3.09. The normalized spacial score (nSPS) is 17.6. The summed E-state index contributed by atoms with van der Waals surface area (Å²) >= 11 is 5.94. The molecule has 1 saturated carbocycles. The van der Waals surface area contributed by atoms with Crippen molar-refractivity contribution in [3.8, 4) is 5.75 Å². The number of methoxy groups -OCH3 is 1. The Bertz CT molecular complexity index is 387. The number of alkyl halides is 1. The van der Waals surface area contributed by atoms with Gasteiger partial charge in [-0.2, -0.15) is 0 Å². The molecule has 0 saturated heterocycles. The molecule has 1 fully saturated rings. The lowest BCUT2D eigenvalue weighted by atomic mass is 9.78. The van der Waals surface area contributed by atoms with E-state index in [0.717, 1.165) is 12.8 Å². The van der Waals surface area contributed by atoms with Crippen molar-refractivity contribution in [2.75, 3.05) is 13.0 Å². The topological polar surface area (TPSA) is 21.3 Å². The first-order chi connectivity index (χ1) is 8.19. The quantitative estimate of drug-likeness (QED) is 0.819. The van der Waals surface area contributed by atoms with E-state index in [0.29, 0.717) is 23.7 Å². The van der Waals surface area contributed by atoms with Crippen LogP contribution in [0.1, 0.15) is 24.8 Å². The van der Waals surface area contributed by atoms with Gasteiger partial charge in [0.1, 0.15) is 11.6 Å². The highest BCUT2D eigenvalue weighted by Crippen LogP contribution is 2.33. The van der Waals surface area contributed by atoms with Gasteiger partial charge in [-0.3, -0.25) is 0 Å². The van der Waals surface area contributed by atoms with Crippen molar-refractivity contribution in [3.63, 3.8) is 0 Å². The highest BCUT2D eigenvalue weighted by atomic mass is 35.5. The van der Waals surface area contributed by atoms with Crippen molar-refractivity contribution in [1.82, 2.24) is 5.32 Å². The minimum Gasteiger partial charge on any atom is -0.497 e. The fraction of sp³-hybridized carbons (Fsp3) is 0.538. The molecule has 2 rings (SSSR count). The van der Waals surface area contributed by atoms with E-state index in [2.05, 4.69) is 5.32 Å². The Kier molecular flexibility index (Phi) is 3.89. The average Bonchev–Trinajstić information content (AvgIpc) is 2.30. The zero-order valence-corrected chi connectivity index (χ0v) is 10.7. The zero-order valence-electron chi connectivity index (χ0n) is 9.93. The molecule has 94 valence electrons. The van der Waals surface area contributed by atoms with Gasteiger partial charge in [-0.25, -0.2) is 4.39 Å². The van der Waals surface area contributed by atoms with Crippen LogP contribution in [0.3, 0.4) is 0 Å². The molecular formula is C13H17ClFNO. The first kappa shape index (κ1) is 12.7. The summed E-state index contributed by atoms with van der Waals surface area (Å²) in [6.45, 7) is 0.516. The van der Waals surface area contributed by atoms with Crippen molar-refractivity contribution in [3.05, 3.63) is 29.6 Å². The second-order valence-electron chi connectivity index (χ2n) is 4.58. The van der Waals surface area contributed by atoms with Crippen LogP contribution in [0.4, 0.5) is 4.39 Å². The smallest absolute Gasteiger partial charge is 0.131 e. The van der Waals surface area contributed by atoms with Gasteiger partial charge in [-0.15, -0.1) is 11.6 Å². The van der Waals surface area contributed by atoms with Crippen molar-refractivity contribution in [2.24, 2.45) is 0 Å². The summed E-state index contributed by atoms with van der Waals surface area (Å²) in [7, 11) is 1.53. The Labute approximate surface area is 106 Å². The van der Waals surface area contributed by atoms with Gasteiger partial charge >= 0.3 is 0 Å². The lowest BCUT2D eigenvalue weighted by Crippen LogP contribution is -2.52. The lowest BCUT2D eigenvalue weighted by molar-refractivity contribution is 0.210. The van der Waals surface area contributed by atoms with Crippen molar-refractivity contribution in [1.29, 1.82) is 0 Å². The molecule has 1 N–H and O–H groups in total. The number of rotatable bonds is 5. The van der Waals surface area contributed by atoms with Crippen LogP contribution in [0.5, 0.6) is 5.75 Å². The fourth-order valence-electron chi connectivity index (χ4n) is 2.04. The monoisotopic (exact) mass is 257 g/mol. The zero-order chi connectivity index (χ0) is 12.3. The van der Waals surface area contributed by atoms with Crippen LogP contribution in [0, 0.1) is 5.82 Å². The van der Waals surface area contributed by atoms with Crippen molar-refractivity contribution < 1.29 is 9.13 Å². The highest BCUT2D eigenvalue weighted by molar-refractivity contribution is 6.18. The molecule has 1 aliphatic rings. The van der Waals surface area contributed by atoms with Gasteiger partial charge in [0.25, 0.3) is 0 Å². The first-order valence-electron chi connectivity index (χ1n) is 5.82. The molecule has 0 bridgehead atoms. The summed E-state index contributed by atoms with van der Waals surface area (Å²) in [6.07, 6.45) is 3.35. The van der Waals surface area contributed by atoms with E-state index in [1.54, 1.807) is 12.1 Å². The Hall–Kier alpha value is -0.800. The van der Waals surface area contributed by atoms with E-state index in [-0.39, 0.29) is 11.4 Å². The standard InChI is InChI=1S/C13H17ClFNO/c1-17-11-4-3-10(12(15)7-11)8-16-13(9-14)5-2-6-13/h3-4,7,16H,2,5-6,8-9H2,1H3. The van der Waals surface area contributed by atoms with E-state index < -0.39 is 0 Å². The molecule has 0 radical (unpaired) electrons. The Morgan fingerprint density at radius 2 is 2.24 bits per heavy atom. The number of halogens is 2. The second kappa shape index (κ2) is 5.23. The van der Waals surface area contributed by atoms with Gasteiger partial charge in [0.15, 0.2) is 0 Å². The van der Waals surface area contributed by atoms with Crippen LogP contribution < -0.4 is 10.1 Å². The Morgan fingerprint density at radius 3 is 2.71 bits per heavy atom. The van der Waals surface area contributed by atoms with E-state index in [1.165, 1.54) is 19.6 Å². The molecule has 1 aromatic carbocycles. The molecule has 0 heterocycles. The summed E-state index contributed by atoms with van der Waals surface area (Å²) in [4.78, 5) is 0. The molecule has 0 atom stereocenters. The van der Waals surface area contributed by atoms with Gasteiger partial charge in [0.05, 0.1) is 7.11 Å². The predicted molar refractivity (Wildman–Crippen MR) is 67.1 cm³/mol.